The monoisotopic (exact) mass is 249 g/mol. The smallest absolute Gasteiger partial charge is 0.236 e. The number of likely N-dealkylation sites (N-methyl/N-ethyl adjacent to an activating group) is 1. The van der Waals surface area contributed by atoms with E-state index in [0.29, 0.717) is 0 Å². The molecule has 17 heavy (non-hydrogen) atoms. The molecule has 0 saturated carbocycles. The molecule has 1 aliphatic rings. The SMILES string of the molecule is CN1C(=O)C(C)(C)c2cc(CCCS)ccc21. The number of carbonyl (C=O) groups excluding carboxylic acids is 1. The molecule has 3 heteroatoms. The lowest BCUT2D eigenvalue weighted by Crippen LogP contribution is -2.33. The first-order chi connectivity index (χ1) is 7.98. The second-order valence-corrected chi connectivity index (χ2v) is 5.62. The molecule has 1 aliphatic heterocycles. The van der Waals surface area contributed by atoms with Crippen molar-refractivity contribution in [1.29, 1.82) is 0 Å². The van der Waals surface area contributed by atoms with Crippen molar-refractivity contribution < 1.29 is 4.79 Å². The summed E-state index contributed by atoms with van der Waals surface area (Å²) in [7, 11) is 1.85. The summed E-state index contributed by atoms with van der Waals surface area (Å²) in [6.45, 7) is 4.00. The number of fused-ring (bicyclic) bond motifs is 1. The highest BCUT2D eigenvalue weighted by Gasteiger charge is 2.41. The molecular formula is C14H19NOS. The van der Waals surface area contributed by atoms with E-state index >= 15 is 0 Å². The third-order valence-corrected chi connectivity index (χ3v) is 3.87. The Morgan fingerprint density at radius 1 is 1.35 bits per heavy atom. The average Bonchev–Trinajstić information content (AvgIpc) is 2.49. The van der Waals surface area contributed by atoms with Crippen molar-refractivity contribution in [3.05, 3.63) is 29.3 Å². The zero-order valence-electron chi connectivity index (χ0n) is 10.7. The number of thiol groups is 1. The number of aryl methyl sites for hydroxylation is 1. The lowest BCUT2D eigenvalue weighted by Gasteiger charge is -2.16. The summed E-state index contributed by atoms with van der Waals surface area (Å²) >= 11 is 4.23. The van der Waals surface area contributed by atoms with E-state index < -0.39 is 0 Å². The molecule has 1 aromatic rings. The standard InChI is InChI=1S/C14H19NOS/c1-14(2)11-9-10(5-4-8-17)6-7-12(11)15(3)13(14)16/h6-7,9,17H,4-5,8H2,1-3H3. The van der Waals surface area contributed by atoms with Gasteiger partial charge in [-0.2, -0.15) is 12.6 Å². The van der Waals surface area contributed by atoms with E-state index in [4.69, 9.17) is 0 Å². The van der Waals surface area contributed by atoms with Crippen molar-refractivity contribution in [2.75, 3.05) is 17.7 Å². The van der Waals surface area contributed by atoms with Crippen molar-refractivity contribution in [2.24, 2.45) is 0 Å². The summed E-state index contributed by atoms with van der Waals surface area (Å²) in [5, 5.41) is 0. The van der Waals surface area contributed by atoms with Crippen LogP contribution < -0.4 is 4.90 Å². The molecule has 0 aromatic heterocycles. The zero-order chi connectivity index (χ0) is 12.6. The normalized spacial score (nSPS) is 17.4. The summed E-state index contributed by atoms with van der Waals surface area (Å²) in [6, 6.07) is 6.36. The Hall–Kier alpha value is -0.960. The van der Waals surface area contributed by atoms with Gasteiger partial charge in [-0.25, -0.2) is 0 Å². The Kier molecular flexibility index (Phi) is 3.21. The number of amides is 1. The van der Waals surface area contributed by atoms with E-state index in [1.165, 1.54) is 5.56 Å². The van der Waals surface area contributed by atoms with Crippen molar-refractivity contribution in [3.8, 4) is 0 Å². The molecule has 1 heterocycles. The van der Waals surface area contributed by atoms with Crippen LogP contribution in [-0.2, 0) is 16.6 Å². The Morgan fingerprint density at radius 3 is 2.71 bits per heavy atom. The van der Waals surface area contributed by atoms with Gasteiger partial charge in [0.25, 0.3) is 0 Å². The van der Waals surface area contributed by atoms with Crippen molar-refractivity contribution >= 4 is 24.2 Å². The van der Waals surface area contributed by atoms with E-state index in [-0.39, 0.29) is 11.3 Å². The lowest BCUT2D eigenvalue weighted by atomic mass is 9.85. The van der Waals surface area contributed by atoms with Gasteiger partial charge >= 0.3 is 0 Å². The van der Waals surface area contributed by atoms with E-state index in [1.807, 2.05) is 20.9 Å². The summed E-state index contributed by atoms with van der Waals surface area (Å²) in [5.41, 5.74) is 3.12. The second-order valence-electron chi connectivity index (χ2n) is 5.17. The van der Waals surface area contributed by atoms with Gasteiger partial charge in [-0.15, -0.1) is 0 Å². The van der Waals surface area contributed by atoms with E-state index in [2.05, 4.69) is 30.8 Å². The van der Waals surface area contributed by atoms with Gasteiger partial charge in [-0.1, -0.05) is 12.1 Å². The number of nitrogens with zero attached hydrogens (tertiary/aromatic N) is 1. The van der Waals surface area contributed by atoms with Crippen LogP contribution in [0.1, 0.15) is 31.4 Å². The molecule has 1 aromatic carbocycles. The topological polar surface area (TPSA) is 20.3 Å². The minimum absolute atomic E-state index is 0.179. The maximum atomic E-state index is 12.1. The van der Waals surface area contributed by atoms with Crippen LogP contribution in [0.5, 0.6) is 0 Å². The van der Waals surface area contributed by atoms with Gasteiger partial charge in [-0.3, -0.25) is 4.79 Å². The third kappa shape index (κ3) is 1.97. The summed E-state index contributed by atoms with van der Waals surface area (Å²) in [5.74, 6) is 1.08. The van der Waals surface area contributed by atoms with Crippen LogP contribution in [-0.4, -0.2) is 18.7 Å². The Morgan fingerprint density at radius 2 is 2.06 bits per heavy atom. The van der Waals surface area contributed by atoms with Gasteiger partial charge in [-0.05, 0) is 49.6 Å². The molecule has 0 fully saturated rings. The molecule has 0 saturated heterocycles. The largest absolute Gasteiger partial charge is 0.314 e. The Labute approximate surface area is 108 Å². The molecule has 0 atom stereocenters. The maximum Gasteiger partial charge on any atom is 0.236 e. The molecule has 0 spiro atoms. The maximum absolute atomic E-state index is 12.1. The fourth-order valence-electron chi connectivity index (χ4n) is 2.46. The first kappa shape index (κ1) is 12.5. The molecule has 0 radical (unpaired) electrons. The van der Waals surface area contributed by atoms with Crippen LogP contribution in [0.3, 0.4) is 0 Å². The first-order valence-electron chi connectivity index (χ1n) is 6.01. The predicted octanol–water partition coefficient (Wildman–Crippen LogP) is 2.80. The molecule has 1 amide bonds. The van der Waals surface area contributed by atoms with Gasteiger partial charge in [0.2, 0.25) is 5.91 Å². The molecule has 0 N–H and O–H groups in total. The fraction of sp³-hybridized carbons (Fsp3) is 0.500. The summed E-state index contributed by atoms with van der Waals surface area (Å²) < 4.78 is 0. The molecular weight excluding hydrogens is 230 g/mol. The molecule has 0 bridgehead atoms. The number of hydrogen-bond donors (Lipinski definition) is 1. The van der Waals surface area contributed by atoms with Gasteiger partial charge in [0.1, 0.15) is 0 Å². The minimum Gasteiger partial charge on any atom is -0.314 e. The molecule has 0 aliphatic carbocycles. The van der Waals surface area contributed by atoms with Crippen molar-refractivity contribution in [1.82, 2.24) is 0 Å². The van der Waals surface area contributed by atoms with E-state index in [9.17, 15) is 4.79 Å². The van der Waals surface area contributed by atoms with Crippen LogP contribution >= 0.6 is 12.6 Å². The van der Waals surface area contributed by atoms with Gasteiger partial charge < -0.3 is 4.90 Å². The quantitative estimate of drug-likeness (QED) is 0.817. The highest BCUT2D eigenvalue weighted by Crippen LogP contribution is 2.41. The van der Waals surface area contributed by atoms with Gasteiger partial charge in [0.05, 0.1) is 5.41 Å². The number of benzene rings is 1. The molecule has 0 unspecified atom stereocenters. The molecule has 2 rings (SSSR count). The number of rotatable bonds is 3. The van der Waals surface area contributed by atoms with Crippen LogP contribution in [0.15, 0.2) is 18.2 Å². The minimum atomic E-state index is -0.388. The lowest BCUT2D eigenvalue weighted by molar-refractivity contribution is -0.121. The van der Waals surface area contributed by atoms with Crippen LogP contribution in [0, 0.1) is 0 Å². The predicted molar refractivity (Wildman–Crippen MR) is 75.1 cm³/mol. The summed E-state index contributed by atoms with van der Waals surface area (Å²) in [6.07, 6.45) is 2.11. The average molecular weight is 249 g/mol. The summed E-state index contributed by atoms with van der Waals surface area (Å²) in [4.78, 5) is 13.9. The first-order valence-corrected chi connectivity index (χ1v) is 6.64. The van der Waals surface area contributed by atoms with Crippen LogP contribution in [0.2, 0.25) is 0 Å². The second kappa shape index (κ2) is 4.37. The Bertz CT molecular complexity index is 454. The Balaban J connectivity index is 2.40. The van der Waals surface area contributed by atoms with Crippen molar-refractivity contribution in [2.45, 2.75) is 32.1 Å². The highest BCUT2D eigenvalue weighted by molar-refractivity contribution is 7.80. The highest BCUT2D eigenvalue weighted by atomic mass is 32.1. The van der Waals surface area contributed by atoms with E-state index in [0.717, 1.165) is 29.8 Å². The van der Waals surface area contributed by atoms with Crippen molar-refractivity contribution in [3.63, 3.8) is 0 Å². The third-order valence-electron chi connectivity index (χ3n) is 3.56. The molecule has 92 valence electrons. The van der Waals surface area contributed by atoms with Gasteiger partial charge in [0.15, 0.2) is 0 Å². The van der Waals surface area contributed by atoms with Gasteiger partial charge in [0, 0.05) is 12.7 Å². The zero-order valence-corrected chi connectivity index (χ0v) is 11.6. The number of anilines is 1. The van der Waals surface area contributed by atoms with Crippen LogP contribution in [0.4, 0.5) is 5.69 Å². The number of carbonyl (C=O) groups is 1. The number of hydrogen-bond acceptors (Lipinski definition) is 2. The van der Waals surface area contributed by atoms with E-state index in [1.54, 1.807) is 4.90 Å². The van der Waals surface area contributed by atoms with Crippen LogP contribution in [0.25, 0.3) is 0 Å². The molecule has 2 nitrogen and oxygen atoms in total. The fourth-order valence-corrected chi connectivity index (χ4v) is 2.62.